The molecule has 1 amide bonds. The molecule has 2 rings (SSSR count). The first-order valence-electron chi connectivity index (χ1n) is 6.59. The van der Waals surface area contributed by atoms with Crippen molar-refractivity contribution in [3.8, 4) is 0 Å². The highest BCUT2D eigenvalue weighted by atomic mass is 79.9. The first kappa shape index (κ1) is 17.4. The zero-order valence-electron chi connectivity index (χ0n) is 12.0. The van der Waals surface area contributed by atoms with Crippen LogP contribution in [0.4, 0.5) is 10.1 Å². The molecule has 0 spiro atoms. The molecule has 0 heterocycles. The maximum absolute atomic E-state index is 13.7. The third-order valence-electron chi connectivity index (χ3n) is 2.92. The van der Waals surface area contributed by atoms with Gasteiger partial charge in [0.25, 0.3) is 5.91 Å². The van der Waals surface area contributed by atoms with Gasteiger partial charge in [0.05, 0.1) is 5.56 Å². The summed E-state index contributed by atoms with van der Waals surface area (Å²) >= 11 is 8.85. The Morgan fingerprint density at radius 1 is 1.22 bits per heavy atom. The highest BCUT2D eigenvalue weighted by Gasteiger charge is 2.21. The number of amides is 1. The molecule has 0 saturated heterocycles. The second-order valence-electron chi connectivity index (χ2n) is 4.67. The molecular weight excluding hydrogens is 389 g/mol. The smallest absolute Gasteiger partial charge is 0.341 e. The van der Waals surface area contributed by atoms with E-state index >= 15 is 0 Å². The minimum atomic E-state index is -1.08. The van der Waals surface area contributed by atoms with Crippen molar-refractivity contribution >= 4 is 45.1 Å². The van der Waals surface area contributed by atoms with E-state index < -0.39 is 23.8 Å². The summed E-state index contributed by atoms with van der Waals surface area (Å²) in [5.41, 5.74) is 0.275. The Labute approximate surface area is 145 Å². The topological polar surface area (TPSA) is 55.4 Å². The number of halogens is 3. The predicted molar refractivity (Wildman–Crippen MR) is 89.1 cm³/mol. The van der Waals surface area contributed by atoms with Gasteiger partial charge in [0, 0.05) is 15.2 Å². The first-order valence-corrected chi connectivity index (χ1v) is 7.76. The lowest BCUT2D eigenvalue weighted by atomic mass is 10.2. The zero-order valence-corrected chi connectivity index (χ0v) is 14.3. The number of rotatable bonds is 4. The Bertz CT molecular complexity index is 737. The fourth-order valence-electron chi connectivity index (χ4n) is 1.71. The summed E-state index contributed by atoms with van der Waals surface area (Å²) in [6.07, 6.45) is -1.08. The number of hydrogen-bond donors (Lipinski definition) is 1. The maximum Gasteiger partial charge on any atom is 0.341 e. The van der Waals surface area contributed by atoms with E-state index in [2.05, 4.69) is 21.2 Å². The average Bonchev–Trinajstić information content (AvgIpc) is 2.49. The highest BCUT2D eigenvalue weighted by molar-refractivity contribution is 9.10. The van der Waals surface area contributed by atoms with Crippen LogP contribution in [0.2, 0.25) is 5.02 Å². The van der Waals surface area contributed by atoms with Gasteiger partial charge in [0.15, 0.2) is 6.10 Å². The molecule has 23 heavy (non-hydrogen) atoms. The summed E-state index contributed by atoms with van der Waals surface area (Å²) in [7, 11) is 0. The quantitative estimate of drug-likeness (QED) is 0.773. The van der Waals surface area contributed by atoms with E-state index in [1.54, 1.807) is 24.3 Å². The molecule has 2 aromatic rings. The molecule has 120 valence electrons. The largest absolute Gasteiger partial charge is 0.449 e. The molecule has 0 fully saturated rings. The number of ether oxygens (including phenoxy) is 1. The van der Waals surface area contributed by atoms with Crippen molar-refractivity contribution in [3.05, 3.63) is 63.3 Å². The SMILES string of the molecule is C[C@H](OC(=O)c1ccc(Br)cc1F)C(=O)Nc1ccc(Cl)cc1. The van der Waals surface area contributed by atoms with Gasteiger partial charge in [-0.15, -0.1) is 0 Å². The molecule has 7 heteroatoms. The van der Waals surface area contributed by atoms with Crippen molar-refractivity contribution in [2.75, 3.05) is 5.32 Å². The van der Waals surface area contributed by atoms with E-state index in [4.69, 9.17) is 16.3 Å². The molecule has 0 aliphatic heterocycles. The molecular formula is C16H12BrClFNO3. The lowest BCUT2D eigenvalue weighted by Crippen LogP contribution is -2.30. The lowest BCUT2D eigenvalue weighted by Gasteiger charge is -2.14. The van der Waals surface area contributed by atoms with Crippen molar-refractivity contribution in [2.24, 2.45) is 0 Å². The second-order valence-corrected chi connectivity index (χ2v) is 6.02. The van der Waals surface area contributed by atoms with Crippen LogP contribution in [-0.4, -0.2) is 18.0 Å². The molecule has 0 bridgehead atoms. The number of benzene rings is 2. The van der Waals surface area contributed by atoms with Gasteiger partial charge in [0.2, 0.25) is 0 Å². The third-order valence-corrected chi connectivity index (χ3v) is 3.66. The fraction of sp³-hybridized carbons (Fsp3) is 0.125. The predicted octanol–water partition coefficient (Wildman–Crippen LogP) is 4.43. The van der Waals surface area contributed by atoms with Crippen LogP contribution < -0.4 is 5.32 Å². The standard InChI is InChI=1S/C16H12BrClFNO3/c1-9(15(21)20-12-5-3-11(18)4-6-12)23-16(22)13-7-2-10(17)8-14(13)19/h2-9H,1H3,(H,20,21)/t9-/m0/s1. The Morgan fingerprint density at radius 3 is 2.48 bits per heavy atom. The number of carbonyl (C=O) groups is 2. The van der Waals surface area contributed by atoms with E-state index in [0.29, 0.717) is 15.2 Å². The van der Waals surface area contributed by atoms with Crippen LogP contribution >= 0.6 is 27.5 Å². The maximum atomic E-state index is 13.7. The molecule has 0 unspecified atom stereocenters. The molecule has 2 aromatic carbocycles. The molecule has 1 N–H and O–H groups in total. The van der Waals surface area contributed by atoms with Gasteiger partial charge >= 0.3 is 5.97 Å². The third kappa shape index (κ3) is 4.77. The fourth-order valence-corrected chi connectivity index (χ4v) is 2.17. The molecule has 0 aliphatic rings. The van der Waals surface area contributed by atoms with Gasteiger partial charge in [-0.05, 0) is 49.4 Å². The van der Waals surface area contributed by atoms with Crippen LogP contribution in [0.15, 0.2) is 46.9 Å². The zero-order chi connectivity index (χ0) is 17.0. The Kier molecular flexibility index (Phi) is 5.74. The number of carbonyl (C=O) groups excluding carboxylic acids is 2. The summed E-state index contributed by atoms with van der Waals surface area (Å²) in [5.74, 6) is -2.17. The molecule has 0 aromatic heterocycles. The van der Waals surface area contributed by atoms with Gasteiger partial charge in [-0.1, -0.05) is 27.5 Å². The summed E-state index contributed by atoms with van der Waals surface area (Å²) in [6, 6.07) is 10.4. The van der Waals surface area contributed by atoms with Gasteiger partial charge in [-0.25, -0.2) is 9.18 Å². The minimum Gasteiger partial charge on any atom is -0.449 e. The highest BCUT2D eigenvalue weighted by Crippen LogP contribution is 2.17. The van der Waals surface area contributed by atoms with Crippen LogP contribution in [0.1, 0.15) is 17.3 Å². The molecule has 0 radical (unpaired) electrons. The Morgan fingerprint density at radius 2 is 1.87 bits per heavy atom. The van der Waals surface area contributed by atoms with Gasteiger partial charge < -0.3 is 10.1 Å². The molecule has 0 aliphatic carbocycles. The Hall–Kier alpha value is -1.92. The molecule has 4 nitrogen and oxygen atoms in total. The van der Waals surface area contributed by atoms with E-state index in [1.165, 1.54) is 19.1 Å². The van der Waals surface area contributed by atoms with Crippen molar-refractivity contribution in [1.82, 2.24) is 0 Å². The van der Waals surface area contributed by atoms with Crippen molar-refractivity contribution in [1.29, 1.82) is 0 Å². The summed E-state index contributed by atoms with van der Waals surface area (Å²) in [5, 5.41) is 3.11. The Balaban J connectivity index is 2.00. The number of nitrogens with one attached hydrogen (secondary N) is 1. The van der Waals surface area contributed by atoms with Crippen molar-refractivity contribution in [3.63, 3.8) is 0 Å². The summed E-state index contributed by atoms with van der Waals surface area (Å²) in [4.78, 5) is 23.9. The van der Waals surface area contributed by atoms with Crippen LogP contribution in [0.25, 0.3) is 0 Å². The average molecular weight is 401 g/mol. The normalized spacial score (nSPS) is 11.7. The van der Waals surface area contributed by atoms with Gasteiger partial charge in [0.1, 0.15) is 5.82 Å². The molecule has 1 atom stereocenters. The lowest BCUT2D eigenvalue weighted by molar-refractivity contribution is -0.123. The van der Waals surface area contributed by atoms with E-state index in [1.807, 2.05) is 0 Å². The van der Waals surface area contributed by atoms with E-state index in [9.17, 15) is 14.0 Å². The second kappa shape index (κ2) is 7.57. The summed E-state index contributed by atoms with van der Waals surface area (Å²) < 4.78 is 19.2. The number of hydrogen-bond acceptors (Lipinski definition) is 3. The number of anilines is 1. The van der Waals surface area contributed by atoms with Crippen LogP contribution in [0, 0.1) is 5.82 Å². The summed E-state index contributed by atoms with van der Waals surface area (Å²) in [6.45, 7) is 1.40. The van der Waals surface area contributed by atoms with E-state index in [-0.39, 0.29) is 5.56 Å². The van der Waals surface area contributed by atoms with Crippen molar-refractivity contribution < 1.29 is 18.7 Å². The van der Waals surface area contributed by atoms with Crippen molar-refractivity contribution in [2.45, 2.75) is 13.0 Å². The monoisotopic (exact) mass is 399 g/mol. The van der Waals surface area contributed by atoms with Gasteiger partial charge in [-0.2, -0.15) is 0 Å². The first-order chi connectivity index (χ1) is 10.9. The minimum absolute atomic E-state index is 0.237. The van der Waals surface area contributed by atoms with Crippen LogP contribution in [-0.2, 0) is 9.53 Å². The molecule has 0 saturated carbocycles. The number of esters is 1. The van der Waals surface area contributed by atoms with Gasteiger partial charge in [-0.3, -0.25) is 4.79 Å². The van der Waals surface area contributed by atoms with E-state index in [0.717, 1.165) is 6.07 Å². The van der Waals surface area contributed by atoms with Crippen LogP contribution in [0.3, 0.4) is 0 Å². The van der Waals surface area contributed by atoms with Crippen LogP contribution in [0.5, 0.6) is 0 Å².